The number of nitrogens with zero attached hydrogens (tertiary/aromatic N) is 4. The van der Waals surface area contributed by atoms with E-state index in [0.717, 1.165) is 6.29 Å². The fourth-order valence-electron chi connectivity index (χ4n) is 2.39. The van der Waals surface area contributed by atoms with E-state index in [2.05, 4.69) is 10.1 Å². The molecule has 8 heteroatoms. The van der Waals surface area contributed by atoms with Crippen LogP contribution in [0.25, 0.3) is 5.65 Å². The van der Waals surface area contributed by atoms with Gasteiger partial charge in [-0.2, -0.15) is 9.61 Å². The molecule has 1 aliphatic rings. The molecule has 1 saturated carbocycles. The number of fused-ring (bicyclic) bond motifs is 1. The Bertz CT molecular complexity index is 768. The molecule has 1 fully saturated rings. The second kappa shape index (κ2) is 5.49. The molecule has 0 radical (unpaired) electrons. The lowest BCUT2D eigenvalue weighted by Gasteiger charge is -2.27. The van der Waals surface area contributed by atoms with Crippen molar-refractivity contribution in [3.8, 4) is 0 Å². The summed E-state index contributed by atoms with van der Waals surface area (Å²) in [5.74, 6) is 0.230. The summed E-state index contributed by atoms with van der Waals surface area (Å²) in [6, 6.07) is 2.98. The van der Waals surface area contributed by atoms with Crippen LogP contribution in [0.2, 0.25) is 5.15 Å². The molecule has 23 heavy (non-hydrogen) atoms. The first kappa shape index (κ1) is 15.7. The number of aromatic nitrogens is 3. The second-order valence-electron chi connectivity index (χ2n) is 6.49. The number of halogens is 1. The van der Waals surface area contributed by atoms with Gasteiger partial charge in [-0.15, -0.1) is 0 Å². The first-order valence-electron chi connectivity index (χ1n) is 7.28. The average molecular weight is 337 g/mol. The third kappa shape index (κ3) is 3.14. The third-order valence-electron chi connectivity index (χ3n) is 3.46. The van der Waals surface area contributed by atoms with Gasteiger partial charge in [0.1, 0.15) is 22.9 Å². The maximum Gasteiger partial charge on any atom is 0.416 e. The summed E-state index contributed by atoms with van der Waals surface area (Å²) in [5.41, 5.74) is -0.134. The molecule has 122 valence electrons. The number of carbonyl (C=O) groups excluding carboxylic acids is 2. The van der Waals surface area contributed by atoms with E-state index in [1.54, 1.807) is 39.1 Å². The van der Waals surface area contributed by atoms with Crippen LogP contribution in [0, 0.1) is 5.92 Å². The fraction of sp³-hybridized carbons (Fsp3) is 0.467. The van der Waals surface area contributed by atoms with Crippen molar-refractivity contribution in [1.29, 1.82) is 0 Å². The normalized spacial score (nSPS) is 20.3. The van der Waals surface area contributed by atoms with Crippen LogP contribution in [0.3, 0.4) is 0 Å². The lowest BCUT2D eigenvalue weighted by atomic mass is 10.2. The van der Waals surface area contributed by atoms with Gasteiger partial charge in [-0.05, 0) is 27.2 Å². The molecule has 2 unspecified atom stereocenters. The van der Waals surface area contributed by atoms with Gasteiger partial charge in [0.05, 0.1) is 12.2 Å². The Morgan fingerprint density at radius 3 is 2.87 bits per heavy atom. The maximum atomic E-state index is 12.7. The van der Waals surface area contributed by atoms with Crippen molar-refractivity contribution in [2.45, 2.75) is 38.8 Å². The first-order valence-corrected chi connectivity index (χ1v) is 7.66. The van der Waals surface area contributed by atoms with Crippen molar-refractivity contribution in [2.75, 3.05) is 4.90 Å². The number of anilines is 1. The first-order chi connectivity index (χ1) is 10.8. The highest BCUT2D eigenvalue weighted by Crippen LogP contribution is 2.38. The number of hydrogen-bond acceptors (Lipinski definition) is 5. The highest BCUT2D eigenvalue weighted by atomic mass is 35.5. The Hall–Kier alpha value is -2.15. The maximum absolute atomic E-state index is 12.7. The van der Waals surface area contributed by atoms with Gasteiger partial charge in [0.25, 0.3) is 0 Å². The van der Waals surface area contributed by atoms with Gasteiger partial charge in [-0.3, -0.25) is 4.90 Å². The lowest BCUT2D eigenvalue weighted by Crippen LogP contribution is -2.40. The average Bonchev–Trinajstić information content (AvgIpc) is 3.03. The van der Waals surface area contributed by atoms with Crippen LogP contribution >= 0.6 is 11.6 Å². The largest absolute Gasteiger partial charge is 0.443 e. The summed E-state index contributed by atoms with van der Waals surface area (Å²) in [6.07, 6.45) is 2.47. The molecule has 2 heterocycles. The Morgan fingerprint density at radius 2 is 2.26 bits per heavy atom. The number of carbonyl (C=O) groups is 2. The van der Waals surface area contributed by atoms with Gasteiger partial charge in [0.15, 0.2) is 5.65 Å². The van der Waals surface area contributed by atoms with Crippen LogP contribution in [0.4, 0.5) is 10.6 Å². The van der Waals surface area contributed by atoms with E-state index in [1.165, 1.54) is 9.42 Å². The third-order valence-corrected chi connectivity index (χ3v) is 3.65. The topological polar surface area (TPSA) is 76.8 Å². The van der Waals surface area contributed by atoms with Crippen molar-refractivity contribution in [2.24, 2.45) is 5.92 Å². The molecule has 0 bridgehead atoms. The van der Waals surface area contributed by atoms with E-state index in [9.17, 15) is 9.59 Å². The van der Waals surface area contributed by atoms with Crippen LogP contribution in [0.1, 0.15) is 27.2 Å². The van der Waals surface area contributed by atoms with Crippen molar-refractivity contribution >= 4 is 35.4 Å². The summed E-state index contributed by atoms with van der Waals surface area (Å²) < 4.78 is 6.99. The van der Waals surface area contributed by atoms with E-state index in [-0.39, 0.29) is 17.1 Å². The van der Waals surface area contributed by atoms with E-state index < -0.39 is 11.7 Å². The van der Waals surface area contributed by atoms with Crippen LogP contribution in [0.15, 0.2) is 18.3 Å². The van der Waals surface area contributed by atoms with Crippen LogP contribution in [-0.2, 0) is 9.53 Å². The number of hydrogen-bond donors (Lipinski definition) is 0. The molecule has 3 rings (SSSR count). The Morgan fingerprint density at radius 1 is 1.52 bits per heavy atom. The van der Waals surface area contributed by atoms with Gasteiger partial charge in [-0.1, -0.05) is 11.6 Å². The van der Waals surface area contributed by atoms with E-state index in [1.807, 2.05) is 0 Å². The predicted octanol–water partition coefficient (Wildman–Crippen LogP) is 2.71. The molecule has 2 aromatic heterocycles. The van der Waals surface area contributed by atoms with Crippen molar-refractivity contribution in [3.05, 3.63) is 23.5 Å². The monoisotopic (exact) mass is 336 g/mol. The van der Waals surface area contributed by atoms with E-state index in [4.69, 9.17) is 16.3 Å². The van der Waals surface area contributed by atoms with Gasteiger partial charge >= 0.3 is 6.09 Å². The zero-order chi connectivity index (χ0) is 16.8. The predicted molar refractivity (Wildman–Crippen MR) is 84.7 cm³/mol. The quantitative estimate of drug-likeness (QED) is 0.636. The summed E-state index contributed by atoms with van der Waals surface area (Å²) in [4.78, 5) is 29.3. The molecule has 0 N–H and O–H groups in total. The molecule has 7 nitrogen and oxygen atoms in total. The molecule has 1 aliphatic carbocycles. The van der Waals surface area contributed by atoms with Crippen molar-refractivity contribution in [1.82, 2.24) is 14.6 Å². The summed E-state index contributed by atoms with van der Waals surface area (Å²) in [5, 5.41) is 4.42. The molecular weight excluding hydrogens is 320 g/mol. The summed E-state index contributed by atoms with van der Waals surface area (Å²) >= 11 is 6.06. The zero-order valence-corrected chi connectivity index (χ0v) is 13.8. The Kier molecular flexibility index (Phi) is 3.75. The highest BCUT2D eigenvalue weighted by Gasteiger charge is 2.47. The van der Waals surface area contributed by atoms with Gasteiger partial charge < -0.3 is 9.53 Å². The van der Waals surface area contributed by atoms with Crippen molar-refractivity contribution in [3.63, 3.8) is 0 Å². The van der Waals surface area contributed by atoms with Gasteiger partial charge in [-0.25, -0.2) is 9.78 Å². The smallest absolute Gasteiger partial charge is 0.416 e. The minimum Gasteiger partial charge on any atom is -0.443 e. The van der Waals surface area contributed by atoms with Gasteiger partial charge in [0, 0.05) is 18.1 Å². The highest BCUT2D eigenvalue weighted by molar-refractivity contribution is 6.29. The summed E-state index contributed by atoms with van der Waals surface area (Å²) in [7, 11) is 0. The Labute approximate surface area is 138 Å². The molecule has 2 aromatic rings. The molecule has 2 atom stereocenters. The minimum absolute atomic E-state index is 0.208. The Balaban J connectivity index is 2.05. The number of amides is 1. The van der Waals surface area contributed by atoms with Gasteiger partial charge in [0.2, 0.25) is 0 Å². The van der Waals surface area contributed by atoms with E-state index in [0.29, 0.717) is 17.9 Å². The lowest BCUT2D eigenvalue weighted by molar-refractivity contribution is -0.108. The molecule has 1 amide bonds. The SMILES string of the molecule is CC(C)(C)OC(=O)N(c1cc(Cl)nc2ccnn12)C1CC1C=O. The molecule has 0 aliphatic heterocycles. The van der Waals surface area contributed by atoms with Crippen molar-refractivity contribution < 1.29 is 14.3 Å². The van der Waals surface area contributed by atoms with E-state index >= 15 is 0 Å². The number of aldehydes is 1. The van der Waals surface area contributed by atoms with Crippen LogP contribution in [-0.4, -0.2) is 38.6 Å². The summed E-state index contributed by atoms with van der Waals surface area (Å²) in [6.45, 7) is 5.36. The number of rotatable bonds is 3. The number of ether oxygens (including phenoxy) is 1. The standard InChI is InChI=1S/C15H17ClN4O3/c1-15(2,3)23-14(22)19(10-6-9(10)8-21)13-7-11(16)18-12-4-5-17-20(12)13/h4-5,7-10H,6H2,1-3H3. The minimum atomic E-state index is -0.652. The van der Waals surface area contributed by atoms with Crippen LogP contribution in [0.5, 0.6) is 0 Å². The zero-order valence-electron chi connectivity index (χ0n) is 13.1. The van der Waals surface area contributed by atoms with Crippen LogP contribution < -0.4 is 4.90 Å². The molecule has 0 aromatic carbocycles. The fourth-order valence-corrected chi connectivity index (χ4v) is 2.58. The second-order valence-corrected chi connectivity index (χ2v) is 6.88. The molecule has 0 saturated heterocycles. The molecular formula is C15H17ClN4O3. The molecule has 0 spiro atoms.